The highest BCUT2D eigenvalue weighted by molar-refractivity contribution is 7.10. The maximum absolute atomic E-state index is 14.7. The van der Waals surface area contributed by atoms with Gasteiger partial charge >= 0.3 is 5.97 Å². The first-order valence-corrected chi connectivity index (χ1v) is 26.3. The zero-order valence-electron chi connectivity index (χ0n) is 42.0. The largest absolute Gasteiger partial charge is 0.464 e. The van der Waals surface area contributed by atoms with Crippen LogP contribution in [0.1, 0.15) is 121 Å². The Morgan fingerprint density at radius 3 is 2.65 bits per heavy atom. The molecule has 15 nitrogen and oxygen atoms in total. The third kappa shape index (κ3) is 10.4. The number of carbonyl (C=O) groups is 3. The van der Waals surface area contributed by atoms with Gasteiger partial charge < -0.3 is 33.6 Å². The molecule has 69 heavy (non-hydrogen) atoms. The van der Waals surface area contributed by atoms with Crippen LogP contribution in [0.15, 0.2) is 35.8 Å². The second kappa shape index (κ2) is 20.8. The van der Waals surface area contributed by atoms with Crippen LogP contribution in [0.5, 0.6) is 0 Å². The average Bonchev–Trinajstić information content (AvgIpc) is 3.60. The summed E-state index contributed by atoms with van der Waals surface area (Å²) in [4.78, 5) is 55.8. The number of aromatic nitrogens is 3. The summed E-state index contributed by atoms with van der Waals surface area (Å²) in [7, 11) is 1.73. The van der Waals surface area contributed by atoms with Gasteiger partial charge in [0.2, 0.25) is 5.91 Å². The Kier molecular flexibility index (Phi) is 15.0. The van der Waals surface area contributed by atoms with E-state index in [1.807, 2.05) is 12.3 Å². The number of morpholine rings is 1. The van der Waals surface area contributed by atoms with Crippen LogP contribution in [-0.2, 0) is 51.0 Å². The molecule has 4 aliphatic heterocycles. The number of ether oxygens (including phenoxy) is 5. The number of methoxy groups -OCH3 is 1. The van der Waals surface area contributed by atoms with Crippen molar-refractivity contribution in [1.29, 1.82) is 0 Å². The number of amides is 2. The predicted molar refractivity (Wildman–Crippen MR) is 265 cm³/mol. The zero-order chi connectivity index (χ0) is 48.7. The number of nitrogens with one attached hydrogen (secondary N) is 2. The Hall–Kier alpha value is -4.29. The van der Waals surface area contributed by atoms with Gasteiger partial charge in [-0.25, -0.2) is 10.4 Å². The molecular formula is C53H73N7O8S. The van der Waals surface area contributed by atoms with Crippen LogP contribution >= 0.6 is 11.3 Å². The van der Waals surface area contributed by atoms with E-state index in [1.165, 1.54) is 21.9 Å². The quantitative estimate of drug-likeness (QED) is 0.134. The fourth-order valence-corrected chi connectivity index (χ4v) is 12.1. The van der Waals surface area contributed by atoms with Crippen LogP contribution in [0.25, 0.3) is 33.4 Å². The van der Waals surface area contributed by atoms with Crippen LogP contribution in [0.2, 0.25) is 0 Å². The van der Waals surface area contributed by atoms with E-state index in [2.05, 4.69) is 99.1 Å². The Bertz CT molecular complexity index is 2500. The van der Waals surface area contributed by atoms with Crippen molar-refractivity contribution in [2.24, 2.45) is 23.2 Å². The van der Waals surface area contributed by atoms with Crippen molar-refractivity contribution in [2.45, 2.75) is 136 Å². The number of carbonyl (C=O) groups excluding carboxylic acids is 3. The van der Waals surface area contributed by atoms with Gasteiger partial charge in [0, 0.05) is 84.3 Å². The van der Waals surface area contributed by atoms with Crippen molar-refractivity contribution in [3.63, 3.8) is 0 Å². The summed E-state index contributed by atoms with van der Waals surface area (Å²) in [6, 6.07) is 7.42. The lowest BCUT2D eigenvalue weighted by molar-refractivity contribution is -0.156. The van der Waals surface area contributed by atoms with E-state index in [9.17, 15) is 14.4 Å². The number of thiazole rings is 1. The molecule has 2 N–H and O–H groups in total. The third-order valence-corrected chi connectivity index (χ3v) is 16.3. The van der Waals surface area contributed by atoms with Crippen LogP contribution in [0.4, 0.5) is 0 Å². The summed E-state index contributed by atoms with van der Waals surface area (Å²) in [5, 5.41) is 8.23. The number of hydrazine groups is 1. The molecule has 2 amide bonds. The van der Waals surface area contributed by atoms with Gasteiger partial charge in [-0.3, -0.25) is 29.3 Å². The van der Waals surface area contributed by atoms with Crippen molar-refractivity contribution in [3.8, 4) is 22.5 Å². The van der Waals surface area contributed by atoms with Gasteiger partial charge in [0.15, 0.2) is 0 Å². The lowest BCUT2D eigenvalue weighted by Crippen LogP contribution is -2.61. The lowest BCUT2D eigenvalue weighted by atomic mass is 9.82. The molecule has 7 heterocycles. The monoisotopic (exact) mass is 968 g/mol. The molecule has 1 unspecified atom stereocenters. The van der Waals surface area contributed by atoms with Gasteiger partial charge in [-0.2, -0.15) is 0 Å². The minimum atomic E-state index is -1.09. The number of fused-ring (bicyclic) bond motifs is 7. The van der Waals surface area contributed by atoms with E-state index in [1.54, 1.807) is 7.11 Å². The zero-order valence-corrected chi connectivity index (χ0v) is 42.9. The number of hydrogen-bond acceptors (Lipinski definition) is 13. The summed E-state index contributed by atoms with van der Waals surface area (Å²) < 4.78 is 33.4. The standard InChI is InChI=1S/C53H73N7O8S/c1-10-66-48-46(56-49(61)44-31(4)32(44)5)51(62)60-16-11-12-41(57-60)52(63)68-29-53(7,8)25-40-38-23-35(42-28-69-50(48)55-42)13-14-43(38)59(19-21-67-30(2)3)47(40)39-24-36(26-54-45(39)33(6)64-9)34-15-17-58-18-20-65-27-37(58)22-34/h13-14,23-24,26,28,30-34,37,41,44,46,48,57H,10-12,15-22,25,27,29H2,1-9H3,(H,56,61)/t31-,32+,33-,34+,37+,41-,44?,46-,48-/m0/s1. The Morgan fingerprint density at radius 2 is 1.90 bits per heavy atom. The molecule has 1 saturated carbocycles. The number of cyclic esters (lactones) is 1. The van der Waals surface area contributed by atoms with Gasteiger partial charge in [0.1, 0.15) is 23.2 Å². The van der Waals surface area contributed by atoms with E-state index < -0.39 is 29.6 Å². The Morgan fingerprint density at radius 1 is 1.09 bits per heavy atom. The summed E-state index contributed by atoms with van der Waals surface area (Å²) in [6.45, 7) is 21.9. The Balaban J connectivity index is 1.21. The first-order valence-electron chi connectivity index (χ1n) is 25.4. The van der Waals surface area contributed by atoms with Crippen LogP contribution < -0.4 is 10.7 Å². The molecule has 9 rings (SSSR count). The van der Waals surface area contributed by atoms with E-state index >= 15 is 0 Å². The molecule has 3 saturated heterocycles. The second-order valence-electron chi connectivity index (χ2n) is 21.1. The summed E-state index contributed by atoms with van der Waals surface area (Å²) >= 11 is 1.41. The topological polar surface area (TPSA) is 159 Å². The molecule has 0 spiro atoms. The lowest BCUT2D eigenvalue weighted by Gasteiger charge is -2.42. The molecule has 4 aromatic rings. The molecule has 6 bridgehead atoms. The van der Waals surface area contributed by atoms with Gasteiger partial charge in [-0.15, -0.1) is 11.3 Å². The number of pyridine rings is 1. The average molecular weight is 968 g/mol. The van der Waals surface area contributed by atoms with Crippen molar-refractivity contribution in [1.82, 2.24) is 35.2 Å². The van der Waals surface area contributed by atoms with Gasteiger partial charge in [-0.1, -0.05) is 33.8 Å². The number of benzene rings is 1. The van der Waals surface area contributed by atoms with Crippen molar-refractivity contribution >= 4 is 40.0 Å². The molecule has 1 aromatic carbocycles. The van der Waals surface area contributed by atoms with Crippen molar-refractivity contribution in [2.75, 3.05) is 59.8 Å². The van der Waals surface area contributed by atoms with Crippen molar-refractivity contribution < 1.29 is 38.1 Å². The van der Waals surface area contributed by atoms with Crippen molar-refractivity contribution in [3.05, 3.63) is 57.7 Å². The van der Waals surface area contributed by atoms with Gasteiger partial charge in [0.05, 0.1) is 55.7 Å². The van der Waals surface area contributed by atoms with E-state index in [0.717, 1.165) is 83.8 Å². The molecule has 16 heteroatoms. The summed E-state index contributed by atoms with van der Waals surface area (Å²) in [5.41, 5.74) is 10.6. The second-order valence-corrected chi connectivity index (χ2v) is 22.0. The van der Waals surface area contributed by atoms with Crippen LogP contribution in [0.3, 0.4) is 0 Å². The number of hydrogen-bond donors (Lipinski definition) is 2. The smallest absolute Gasteiger partial charge is 0.324 e. The first kappa shape index (κ1) is 49.7. The normalized spacial score (nSPS) is 28.0. The number of nitrogens with zero attached hydrogens (tertiary/aromatic N) is 5. The van der Waals surface area contributed by atoms with Crippen LogP contribution in [-0.4, -0.2) is 126 Å². The van der Waals surface area contributed by atoms with E-state index in [0.29, 0.717) is 55.9 Å². The predicted octanol–water partition coefficient (Wildman–Crippen LogP) is 7.62. The maximum Gasteiger partial charge on any atom is 0.324 e. The molecule has 9 atom stereocenters. The molecule has 3 aromatic heterocycles. The van der Waals surface area contributed by atoms with Gasteiger partial charge in [-0.05, 0) is 113 Å². The summed E-state index contributed by atoms with van der Waals surface area (Å²) in [6.07, 6.45) is 4.62. The minimum Gasteiger partial charge on any atom is -0.464 e. The maximum atomic E-state index is 14.7. The fraction of sp³-hybridized carbons (Fsp3) is 0.642. The van der Waals surface area contributed by atoms with Crippen LogP contribution in [0, 0.1) is 23.2 Å². The fourth-order valence-electron chi connectivity index (χ4n) is 11.2. The SMILES string of the molecule is CCO[C@@H]1c2nc(cs2)-c2ccc3c(c2)c(c(-c2cc([C@@H]4CCN5CCOC[C@H]5C4)cnc2[C@H](C)OC)n3CCOC(C)C)CC(C)(C)COC(=O)[C@@H]2CCCN(N2)C(=O)[C@H]1NC(=O)C1[C@@H](C)[C@H]1C. The highest BCUT2D eigenvalue weighted by Crippen LogP contribution is 2.47. The molecular weight excluding hydrogens is 895 g/mol. The number of esters is 1. The summed E-state index contributed by atoms with van der Waals surface area (Å²) in [5.74, 6) is -0.461. The highest BCUT2D eigenvalue weighted by atomic mass is 32.1. The molecule has 1 aliphatic carbocycles. The molecule has 374 valence electrons. The number of rotatable bonds is 12. The number of piperidine rings is 1. The van der Waals surface area contributed by atoms with E-state index in [4.69, 9.17) is 33.7 Å². The molecule has 5 aliphatic rings. The van der Waals surface area contributed by atoms with E-state index in [-0.39, 0.29) is 55.0 Å². The third-order valence-electron chi connectivity index (χ3n) is 15.4. The van der Waals surface area contributed by atoms with Gasteiger partial charge in [0.25, 0.3) is 5.91 Å². The molecule has 0 radical (unpaired) electrons. The first-order chi connectivity index (χ1) is 33.2. The minimum absolute atomic E-state index is 0.0452. The Labute approximate surface area is 411 Å². The highest BCUT2D eigenvalue weighted by Gasteiger charge is 2.50. The molecule has 4 fully saturated rings.